The molecule has 0 unspecified atom stereocenters. The maximum Gasteiger partial charge on any atom is 0.251 e. The van der Waals surface area contributed by atoms with Gasteiger partial charge < -0.3 is 15.7 Å². The number of carbonyl (C=O) groups excluding carboxylic acids is 2. The molecule has 0 saturated heterocycles. The molecule has 5 heteroatoms. The number of amides is 2. The van der Waals surface area contributed by atoms with Gasteiger partial charge in [0.25, 0.3) is 5.91 Å². The summed E-state index contributed by atoms with van der Waals surface area (Å²) in [6.07, 6.45) is 2.05. The summed E-state index contributed by atoms with van der Waals surface area (Å²) in [6.45, 7) is -0.209. The van der Waals surface area contributed by atoms with Crippen molar-refractivity contribution in [1.82, 2.24) is 10.6 Å². The average molecular weight is 272 g/mol. The summed E-state index contributed by atoms with van der Waals surface area (Å²) in [5.41, 5.74) is 1.20. The highest BCUT2D eigenvalue weighted by Crippen LogP contribution is 2.18. The molecule has 0 aliphatic heterocycles. The molecule has 0 spiro atoms. The Morgan fingerprint density at radius 3 is 2.55 bits per heavy atom. The van der Waals surface area contributed by atoms with Gasteiger partial charge in [-0.1, -0.05) is 11.8 Å². The average Bonchev–Trinajstić information content (AvgIpc) is 3.27. The molecule has 2 amide bonds. The lowest BCUT2D eigenvalue weighted by atomic mass is 10.1. The molecular weight excluding hydrogens is 256 g/mol. The molecule has 3 N–H and O–H groups in total. The summed E-state index contributed by atoms with van der Waals surface area (Å²) in [5.74, 6) is 4.82. The normalized spacial score (nSPS) is 13.1. The van der Waals surface area contributed by atoms with Crippen molar-refractivity contribution in [3.63, 3.8) is 0 Å². The van der Waals surface area contributed by atoms with Crippen molar-refractivity contribution >= 4 is 11.8 Å². The minimum atomic E-state index is -0.294. The highest BCUT2D eigenvalue weighted by atomic mass is 16.2. The second-order valence-corrected chi connectivity index (χ2v) is 4.56. The van der Waals surface area contributed by atoms with E-state index in [4.69, 9.17) is 5.11 Å². The maximum atomic E-state index is 11.8. The number of hydrogen-bond acceptors (Lipinski definition) is 3. The fraction of sp³-hybridized carbons (Fsp3) is 0.333. The van der Waals surface area contributed by atoms with Crippen molar-refractivity contribution in [3.05, 3.63) is 35.4 Å². The Bertz CT molecular complexity index is 551. The van der Waals surface area contributed by atoms with E-state index in [-0.39, 0.29) is 25.0 Å². The third kappa shape index (κ3) is 4.41. The van der Waals surface area contributed by atoms with Crippen LogP contribution in [0.1, 0.15) is 28.8 Å². The van der Waals surface area contributed by atoms with Crippen LogP contribution in [0.2, 0.25) is 0 Å². The van der Waals surface area contributed by atoms with E-state index in [0.29, 0.717) is 11.6 Å². The number of hydrogen-bond donors (Lipinski definition) is 3. The summed E-state index contributed by atoms with van der Waals surface area (Å²) in [5, 5.41) is 13.9. The van der Waals surface area contributed by atoms with Gasteiger partial charge in [0.2, 0.25) is 5.91 Å². The van der Waals surface area contributed by atoms with Gasteiger partial charge in [-0.05, 0) is 37.1 Å². The van der Waals surface area contributed by atoms with Crippen LogP contribution in [-0.4, -0.2) is 36.1 Å². The molecule has 0 radical (unpaired) electrons. The summed E-state index contributed by atoms with van der Waals surface area (Å²) in [7, 11) is 0. The van der Waals surface area contributed by atoms with Crippen LogP contribution in [0.15, 0.2) is 24.3 Å². The Kier molecular flexibility index (Phi) is 4.75. The van der Waals surface area contributed by atoms with E-state index in [9.17, 15) is 9.59 Å². The first-order chi connectivity index (χ1) is 9.69. The first-order valence-electron chi connectivity index (χ1n) is 6.46. The zero-order valence-electron chi connectivity index (χ0n) is 11.0. The quantitative estimate of drug-likeness (QED) is 0.677. The monoisotopic (exact) mass is 272 g/mol. The van der Waals surface area contributed by atoms with Gasteiger partial charge in [0.05, 0.1) is 6.54 Å². The molecule has 5 nitrogen and oxygen atoms in total. The van der Waals surface area contributed by atoms with Gasteiger partial charge in [-0.2, -0.15) is 0 Å². The lowest BCUT2D eigenvalue weighted by Gasteiger charge is -2.06. The van der Waals surface area contributed by atoms with Crippen LogP contribution in [0, 0.1) is 11.8 Å². The zero-order chi connectivity index (χ0) is 14.4. The van der Waals surface area contributed by atoms with Crippen molar-refractivity contribution < 1.29 is 14.7 Å². The van der Waals surface area contributed by atoms with Crippen molar-refractivity contribution in [2.45, 2.75) is 18.9 Å². The minimum Gasteiger partial charge on any atom is -0.384 e. The Morgan fingerprint density at radius 1 is 1.25 bits per heavy atom. The van der Waals surface area contributed by atoms with Crippen molar-refractivity contribution in [1.29, 1.82) is 0 Å². The molecule has 1 aliphatic rings. The minimum absolute atomic E-state index is 0.0125. The molecule has 1 aromatic carbocycles. The summed E-state index contributed by atoms with van der Waals surface area (Å²) in [4.78, 5) is 23.2. The van der Waals surface area contributed by atoms with Crippen molar-refractivity contribution in [2.75, 3.05) is 13.2 Å². The third-order valence-electron chi connectivity index (χ3n) is 2.81. The van der Waals surface area contributed by atoms with Crippen LogP contribution in [0.3, 0.4) is 0 Å². The Labute approximate surface area is 117 Å². The summed E-state index contributed by atoms with van der Waals surface area (Å²) >= 11 is 0. The predicted molar refractivity (Wildman–Crippen MR) is 73.9 cm³/mol. The molecule has 0 aromatic heterocycles. The van der Waals surface area contributed by atoms with Crippen molar-refractivity contribution in [3.8, 4) is 11.8 Å². The molecule has 0 heterocycles. The highest BCUT2D eigenvalue weighted by Gasteiger charge is 2.23. The molecule has 0 atom stereocenters. The zero-order valence-corrected chi connectivity index (χ0v) is 11.0. The number of aliphatic hydroxyl groups is 1. The van der Waals surface area contributed by atoms with Gasteiger partial charge in [0, 0.05) is 17.2 Å². The first kappa shape index (κ1) is 14.1. The van der Waals surface area contributed by atoms with Gasteiger partial charge in [-0.15, -0.1) is 0 Å². The van der Waals surface area contributed by atoms with Gasteiger partial charge in [0.1, 0.15) is 6.61 Å². The standard InChI is InChI=1S/C15H16N2O3/c18-9-1-2-11-3-5-12(6-4-11)15(20)16-10-14(19)17-13-7-8-13/h3-6,13,18H,7-10H2,(H,16,20)(H,17,19). The van der Waals surface area contributed by atoms with Crippen LogP contribution in [0.5, 0.6) is 0 Å². The first-order valence-corrected chi connectivity index (χ1v) is 6.46. The molecule has 1 saturated carbocycles. The van der Waals surface area contributed by atoms with E-state index in [0.717, 1.165) is 18.4 Å². The van der Waals surface area contributed by atoms with Gasteiger partial charge in [-0.25, -0.2) is 0 Å². The van der Waals surface area contributed by atoms with Gasteiger partial charge in [-0.3, -0.25) is 9.59 Å². The second kappa shape index (κ2) is 6.73. The number of nitrogens with one attached hydrogen (secondary N) is 2. The molecule has 1 fully saturated rings. The fourth-order valence-electron chi connectivity index (χ4n) is 1.62. The van der Waals surface area contributed by atoms with Crippen LogP contribution in [0.4, 0.5) is 0 Å². The molecule has 0 bridgehead atoms. The van der Waals surface area contributed by atoms with Crippen molar-refractivity contribution in [2.24, 2.45) is 0 Å². The van der Waals surface area contributed by atoms with E-state index in [2.05, 4.69) is 22.5 Å². The molecule has 1 aromatic rings. The molecular formula is C15H16N2O3. The largest absolute Gasteiger partial charge is 0.384 e. The molecule has 104 valence electrons. The van der Waals surface area contributed by atoms with Crippen LogP contribution in [-0.2, 0) is 4.79 Å². The van der Waals surface area contributed by atoms with Gasteiger partial charge in [0.15, 0.2) is 0 Å². The smallest absolute Gasteiger partial charge is 0.251 e. The maximum absolute atomic E-state index is 11.8. The molecule has 2 rings (SSSR count). The van der Waals surface area contributed by atoms with E-state index in [1.54, 1.807) is 24.3 Å². The number of benzene rings is 1. The summed E-state index contributed by atoms with van der Waals surface area (Å²) in [6, 6.07) is 6.96. The third-order valence-corrected chi connectivity index (χ3v) is 2.81. The number of rotatable bonds is 4. The Morgan fingerprint density at radius 2 is 1.95 bits per heavy atom. The van der Waals surface area contributed by atoms with E-state index < -0.39 is 0 Å². The molecule has 1 aliphatic carbocycles. The highest BCUT2D eigenvalue weighted by molar-refractivity contribution is 5.96. The Balaban J connectivity index is 1.83. The van der Waals surface area contributed by atoms with E-state index in [1.165, 1.54) is 0 Å². The molecule has 20 heavy (non-hydrogen) atoms. The second-order valence-electron chi connectivity index (χ2n) is 4.56. The lowest BCUT2D eigenvalue weighted by molar-refractivity contribution is -0.120. The topological polar surface area (TPSA) is 78.4 Å². The SMILES string of the molecule is O=C(CNC(=O)c1ccc(C#CCO)cc1)NC1CC1. The predicted octanol–water partition coefficient (Wildman–Crippen LogP) is 0.0388. The van der Waals surface area contributed by atoms with Crippen LogP contribution >= 0.6 is 0 Å². The van der Waals surface area contributed by atoms with Crippen LogP contribution < -0.4 is 10.6 Å². The van der Waals surface area contributed by atoms with E-state index >= 15 is 0 Å². The van der Waals surface area contributed by atoms with Crippen LogP contribution in [0.25, 0.3) is 0 Å². The summed E-state index contributed by atoms with van der Waals surface area (Å²) < 4.78 is 0. The number of aliphatic hydroxyl groups excluding tert-OH is 1. The Hall–Kier alpha value is -2.32. The number of carbonyl (C=O) groups is 2. The van der Waals surface area contributed by atoms with E-state index in [1.807, 2.05) is 0 Å². The lowest BCUT2D eigenvalue weighted by Crippen LogP contribution is -2.37. The van der Waals surface area contributed by atoms with Gasteiger partial charge >= 0.3 is 0 Å². The fourth-order valence-corrected chi connectivity index (χ4v) is 1.62.